The number of hydrogen-bond donors (Lipinski definition) is 3. The molecule has 3 N–H and O–H groups in total. The summed E-state index contributed by atoms with van der Waals surface area (Å²) in [6.45, 7) is 7.33. The fourth-order valence-electron chi connectivity index (χ4n) is 1.97. The first-order chi connectivity index (χ1) is 6.93. The van der Waals surface area contributed by atoms with E-state index in [4.69, 9.17) is 0 Å². The standard InChI is InChI=1S/C12H25NO2/c1-9(2)12(3,15)8-13-7-10-5-4-6-11(10)14/h9-11,13-15H,4-8H2,1-3H3. The van der Waals surface area contributed by atoms with Gasteiger partial charge in [-0.1, -0.05) is 20.3 Å². The minimum Gasteiger partial charge on any atom is -0.393 e. The third-order valence-electron chi connectivity index (χ3n) is 3.75. The van der Waals surface area contributed by atoms with Gasteiger partial charge in [0, 0.05) is 13.1 Å². The Morgan fingerprint density at radius 1 is 1.40 bits per heavy atom. The van der Waals surface area contributed by atoms with Crippen molar-refractivity contribution in [1.82, 2.24) is 5.32 Å². The van der Waals surface area contributed by atoms with Crippen LogP contribution in [0.3, 0.4) is 0 Å². The molecule has 0 saturated heterocycles. The third-order valence-corrected chi connectivity index (χ3v) is 3.75. The van der Waals surface area contributed by atoms with Crippen LogP contribution in [0.1, 0.15) is 40.0 Å². The predicted molar refractivity (Wildman–Crippen MR) is 61.7 cm³/mol. The van der Waals surface area contributed by atoms with Crippen molar-refractivity contribution in [2.45, 2.75) is 51.7 Å². The molecule has 0 aromatic rings. The van der Waals surface area contributed by atoms with E-state index in [1.54, 1.807) is 0 Å². The molecule has 3 atom stereocenters. The van der Waals surface area contributed by atoms with E-state index in [2.05, 4.69) is 5.32 Å². The molecule has 1 rings (SSSR count). The van der Waals surface area contributed by atoms with Gasteiger partial charge in [0.1, 0.15) is 0 Å². The Kier molecular flexibility index (Phi) is 4.56. The Hall–Kier alpha value is -0.120. The molecule has 90 valence electrons. The number of hydrogen-bond acceptors (Lipinski definition) is 3. The summed E-state index contributed by atoms with van der Waals surface area (Å²) >= 11 is 0. The normalized spacial score (nSPS) is 30.8. The Labute approximate surface area is 92.9 Å². The number of rotatable bonds is 5. The molecule has 0 radical (unpaired) electrons. The highest BCUT2D eigenvalue weighted by Gasteiger charge is 2.27. The van der Waals surface area contributed by atoms with Crippen LogP contribution in [-0.2, 0) is 0 Å². The largest absolute Gasteiger partial charge is 0.393 e. The molecule has 0 amide bonds. The summed E-state index contributed by atoms with van der Waals surface area (Å²) in [6, 6.07) is 0. The first-order valence-corrected chi connectivity index (χ1v) is 6.04. The maximum absolute atomic E-state index is 10.0. The Balaban J connectivity index is 2.21. The van der Waals surface area contributed by atoms with E-state index >= 15 is 0 Å². The van der Waals surface area contributed by atoms with Crippen LogP contribution in [0.4, 0.5) is 0 Å². The number of nitrogens with one attached hydrogen (secondary N) is 1. The SMILES string of the molecule is CC(C)C(C)(O)CNCC1CCCC1O. The molecule has 3 unspecified atom stereocenters. The lowest BCUT2D eigenvalue weighted by Crippen LogP contribution is -2.44. The zero-order chi connectivity index (χ0) is 11.5. The molecule has 0 spiro atoms. The Morgan fingerprint density at radius 2 is 2.07 bits per heavy atom. The van der Waals surface area contributed by atoms with Crippen LogP contribution in [0.5, 0.6) is 0 Å². The van der Waals surface area contributed by atoms with Crippen molar-refractivity contribution in [3.63, 3.8) is 0 Å². The van der Waals surface area contributed by atoms with Crippen LogP contribution >= 0.6 is 0 Å². The van der Waals surface area contributed by atoms with Crippen molar-refractivity contribution < 1.29 is 10.2 Å². The average molecular weight is 215 g/mol. The molecule has 1 aliphatic carbocycles. The van der Waals surface area contributed by atoms with E-state index in [0.29, 0.717) is 12.5 Å². The number of aliphatic hydroxyl groups excluding tert-OH is 1. The fourth-order valence-corrected chi connectivity index (χ4v) is 1.97. The zero-order valence-electron chi connectivity index (χ0n) is 10.2. The summed E-state index contributed by atoms with van der Waals surface area (Å²) in [5.74, 6) is 0.631. The molecule has 15 heavy (non-hydrogen) atoms. The van der Waals surface area contributed by atoms with Crippen molar-refractivity contribution in [2.24, 2.45) is 11.8 Å². The smallest absolute Gasteiger partial charge is 0.0766 e. The van der Waals surface area contributed by atoms with E-state index in [0.717, 1.165) is 25.8 Å². The van der Waals surface area contributed by atoms with Gasteiger partial charge in [0.2, 0.25) is 0 Å². The minimum absolute atomic E-state index is 0.138. The molecule has 3 heteroatoms. The van der Waals surface area contributed by atoms with Crippen LogP contribution < -0.4 is 5.32 Å². The highest BCUT2D eigenvalue weighted by atomic mass is 16.3. The minimum atomic E-state index is -0.649. The van der Waals surface area contributed by atoms with Gasteiger partial charge in [-0.15, -0.1) is 0 Å². The summed E-state index contributed by atoms with van der Waals surface area (Å²) in [5, 5.41) is 22.9. The van der Waals surface area contributed by atoms with Gasteiger partial charge >= 0.3 is 0 Å². The molecule has 0 aromatic carbocycles. The summed E-state index contributed by atoms with van der Waals surface area (Å²) < 4.78 is 0. The predicted octanol–water partition coefficient (Wildman–Crippen LogP) is 1.14. The van der Waals surface area contributed by atoms with E-state index < -0.39 is 5.60 Å². The van der Waals surface area contributed by atoms with Gasteiger partial charge in [-0.05, 0) is 31.6 Å². The van der Waals surface area contributed by atoms with Crippen molar-refractivity contribution >= 4 is 0 Å². The van der Waals surface area contributed by atoms with Crippen molar-refractivity contribution in [3.05, 3.63) is 0 Å². The van der Waals surface area contributed by atoms with Crippen molar-refractivity contribution in [1.29, 1.82) is 0 Å². The van der Waals surface area contributed by atoms with Gasteiger partial charge in [0.25, 0.3) is 0 Å². The molecule has 0 bridgehead atoms. The quantitative estimate of drug-likeness (QED) is 0.645. The first kappa shape index (κ1) is 12.9. The van der Waals surface area contributed by atoms with Gasteiger partial charge in [0.15, 0.2) is 0 Å². The van der Waals surface area contributed by atoms with Crippen LogP contribution in [0.2, 0.25) is 0 Å². The van der Waals surface area contributed by atoms with Gasteiger partial charge in [-0.3, -0.25) is 0 Å². The highest BCUT2D eigenvalue weighted by Crippen LogP contribution is 2.24. The topological polar surface area (TPSA) is 52.5 Å². The summed E-state index contributed by atoms with van der Waals surface area (Å²) in [5.41, 5.74) is -0.649. The third kappa shape index (κ3) is 3.74. The molecule has 1 aliphatic rings. The highest BCUT2D eigenvalue weighted by molar-refractivity contribution is 4.82. The lowest BCUT2D eigenvalue weighted by atomic mass is 9.92. The molecule has 0 aliphatic heterocycles. The molecular formula is C12H25NO2. The van der Waals surface area contributed by atoms with Crippen LogP contribution in [0.25, 0.3) is 0 Å². The summed E-state index contributed by atoms with van der Waals surface area (Å²) in [6.07, 6.45) is 3.04. The molecule has 1 fully saturated rings. The first-order valence-electron chi connectivity index (χ1n) is 6.04. The maximum atomic E-state index is 10.0. The fraction of sp³-hybridized carbons (Fsp3) is 1.00. The van der Waals surface area contributed by atoms with E-state index in [-0.39, 0.29) is 12.0 Å². The van der Waals surface area contributed by atoms with Crippen molar-refractivity contribution in [2.75, 3.05) is 13.1 Å². The van der Waals surface area contributed by atoms with Gasteiger partial charge in [-0.25, -0.2) is 0 Å². The molecule has 0 aromatic heterocycles. The van der Waals surface area contributed by atoms with Crippen LogP contribution in [0, 0.1) is 11.8 Å². The number of aliphatic hydroxyl groups is 2. The summed E-state index contributed by atoms with van der Waals surface area (Å²) in [4.78, 5) is 0. The summed E-state index contributed by atoms with van der Waals surface area (Å²) in [7, 11) is 0. The van der Waals surface area contributed by atoms with Gasteiger partial charge < -0.3 is 15.5 Å². The van der Waals surface area contributed by atoms with Gasteiger partial charge in [-0.2, -0.15) is 0 Å². The van der Waals surface area contributed by atoms with Crippen LogP contribution in [0.15, 0.2) is 0 Å². The lowest BCUT2D eigenvalue weighted by molar-refractivity contribution is 0.0121. The van der Waals surface area contributed by atoms with E-state index in [1.165, 1.54) is 0 Å². The second kappa shape index (κ2) is 5.28. The lowest BCUT2D eigenvalue weighted by Gasteiger charge is -2.29. The second-order valence-electron chi connectivity index (χ2n) is 5.40. The monoisotopic (exact) mass is 215 g/mol. The van der Waals surface area contributed by atoms with E-state index in [1.807, 2.05) is 20.8 Å². The maximum Gasteiger partial charge on any atom is 0.0766 e. The van der Waals surface area contributed by atoms with Gasteiger partial charge in [0.05, 0.1) is 11.7 Å². The zero-order valence-corrected chi connectivity index (χ0v) is 10.2. The second-order valence-corrected chi connectivity index (χ2v) is 5.40. The van der Waals surface area contributed by atoms with Crippen molar-refractivity contribution in [3.8, 4) is 0 Å². The molecule has 1 saturated carbocycles. The van der Waals surface area contributed by atoms with E-state index in [9.17, 15) is 10.2 Å². The molecule has 3 nitrogen and oxygen atoms in total. The Bertz CT molecular complexity index is 192. The Morgan fingerprint density at radius 3 is 2.53 bits per heavy atom. The molecule has 0 heterocycles. The average Bonchev–Trinajstić information content (AvgIpc) is 2.51. The van der Waals surface area contributed by atoms with Crippen LogP contribution in [-0.4, -0.2) is 35.0 Å². The molecular weight excluding hydrogens is 190 g/mol.